The summed E-state index contributed by atoms with van der Waals surface area (Å²) in [5, 5.41) is 7.42. The number of hydrogen-bond acceptors (Lipinski definition) is 4. The largest absolute Gasteiger partial charge is 0.361 e. The second-order valence-corrected chi connectivity index (χ2v) is 5.22. The molecule has 0 bridgehead atoms. The minimum Gasteiger partial charge on any atom is -0.361 e. The zero-order valence-corrected chi connectivity index (χ0v) is 12.1. The number of aromatic nitrogens is 2. The van der Waals surface area contributed by atoms with Gasteiger partial charge in [0.05, 0.1) is 11.2 Å². The summed E-state index contributed by atoms with van der Waals surface area (Å²) in [6, 6.07) is 9.12. The van der Waals surface area contributed by atoms with Crippen molar-refractivity contribution >= 4 is 38.4 Å². The number of nitrogens with zero attached hydrogens (tertiary/aromatic N) is 2. The Balaban J connectivity index is 1.97. The van der Waals surface area contributed by atoms with Crippen molar-refractivity contribution in [2.75, 3.05) is 5.32 Å². The highest BCUT2D eigenvalue weighted by Crippen LogP contribution is 2.24. The number of anilines is 1. The van der Waals surface area contributed by atoms with Gasteiger partial charge in [-0.3, -0.25) is 9.78 Å². The summed E-state index contributed by atoms with van der Waals surface area (Å²) in [5.74, 6) is 0.272. The fraction of sp³-hybridized carbons (Fsp3) is 0.0714. The van der Waals surface area contributed by atoms with Crippen molar-refractivity contribution in [2.45, 2.75) is 6.92 Å². The predicted molar refractivity (Wildman–Crippen MR) is 78.6 cm³/mol. The number of fused-ring (bicyclic) bond motifs is 1. The molecule has 0 saturated carbocycles. The van der Waals surface area contributed by atoms with Gasteiger partial charge >= 0.3 is 0 Å². The van der Waals surface area contributed by atoms with E-state index in [1.54, 1.807) is 25.3 Å². The molecule has 1 N–H and O–H groups in total. The molecule has 1 amide bonds. The first-order valence-corrected chi connectivity index (χ1v) is 6.72. The number of pyridine rings is 1. The Kier molecular flexibility index (Phi) is 3.23. The molecule has 0 atom stereocenters. The third-order valence-electron chi connectivity index (χ3n) is 2.79. The fourth-order valence-electron chi connectivity index (χ4n) is 1.89. The van der Waals surface area contributed by atoms with Crippen LogP contribution in [0.5, 0.6) is 0 Å². The number of carbonyl (C=O) groups excluding carboxylic acids is 1. The Morgan fingerprint density at radius 3 is 2.95 bits per heavy atom. The average Bonchev–Trinajstić information content (AvgIpc) is 2.85. The van der Waals surface area contributed by atoms with Crippen molar-refractivity contribution in [3.8, 4) is 0 Å². The molecule has 1 aromatic carbocycles. The third kappa shape index (κ3) is 2.42. The van der Waals surface area contributed by atoms with Crippen LogP contribution in [0.3, 0.4) is 0 Å². The van der Waals surface area contributed by atoms with Gasteiger partial charge in [0.15, 0.2) is 5.69 Å². The van der Waals surface area contributed by atoms with Crippen LogP contribution in [-0.2, 0) is 0 Å². The molecule has 0 unspecified atom stereocenters. The van der Waals surface area contributed by atoms with Gasteiger partial charge < -0.3 is 9.84 Å². The molecular weight excluding hydrogens is 322 g/mol. The van der Waals surface area contributed by atoms with E-state index in [0.717, 1.165) is 15.4 Å². The monoisotopic (exact) mass is 331 g/mol. The smallest absolute Gasteiger partial charge is 0.277 e. The van der Waals surface area contributed by atoms with Gasteiger partial charge in [0, 0.05) is 22.1 Å². The van der Waals surface area contributed by atoms with E-state index in [1.165, 1.54) is 0 Å². The second-order valence-electron chi connectivity index (χ2n) is 4.31. The number of nitrogens with one attached hydrogen (secondary N) is 1. The van der Waals surface area contributed by atoms with E-state index in [9.17, 15) is 4.79 Å². The molecule has 3 aromatic rings. The van der Waals surface area contributed by atoms with E-state index in [4.69, 9.17) is 4.52 Å². The van der Waals surface area contributed by atoms with Gasteiger partial charge in [0.25, 0.3) is 5.91 Å². The minimum absolute atomic E-state index is 0.247. The van der Waals surface area contributed by atoms with Crippen LogP contribution in [0.4, 0.5) is 5.69 Å². The maximum atomic E-state index is 12.1. The van der Waals surface area contributed by atoms with Gasteiger partial charge in [-0.1, -0.05) is 17.3 Å². The quantitative estimate of drug-likeness (QED) is 0.779. The van der Waals surface area contributed by atoms with Crippen LogP contribution in [0.25, 0.3) is 10.9 Å². The molecule has 100 valence electrons. The van der Waals surface area contributed by atoms with Crippen molar-refractivity contribution in [3.05, 3.63) is 52.5 Å². The number of amides is 1. The van der Waals surface area contributed by atoms with E-state index in [1.807, 2.05) is 18.2 Å². The molecular formula is C14H10BrN3O2. The molecule has 0 fully saturated rings. The summed E-state index contributed by atoms with van der Waals surface area (Å²) in [6.07, 6.45) is 1.69. The van der Waals surface area contributed by atoms with E-state index < -0.39 is 0 Å². The van der Waals surface area contributed by atoms with Crippen molar-refractivity contribution < 1.29 is 9.32 Å². The molecule has 6 heteroatoms. The standard InChI is InChI=1S/C14H10BrN3O2/c1-8-5-12(18-20-8)14(19)17-11-4-2-3-9-6-10(15)7-16-13(9)11/h2-7H,1H3,(H,17,19). The Hall–Kier alpha value is -2.21. The fourth-order valence-corrected chi connectivity index (χ4v) is 2.24. The van der Waals surface area contributed by atoms with Crippen molar-refractivity contribution in [1.29, 1.82) is 0 Å². The van der Waals surface area contributed by atoms with Crippen LogP contribution in [0.15, 0.2) is 45.5 Å². The van der Waals surface area contributed by atoms with Crippen LogP contribution in [0, 0.1) is 6.92 Å². The van der Waals surface area contributed by atoms with Crippen LogP contribution in [0.2, 0.25) is 0 Å². The molecule has 0 saturated heterocycles. The van der Waals surface area contributed by atoms with Gasteiger partial charge in [0.2, 0.25) is 0 Å². The first kappa shape index (κ1) is 12.8. The second kappa shape index (κ2) is 5.05. The molecule has 2 heterocycles. The topological polar surface area (TPSA) is 68.0 Å². The van der Waals surface area contributed by atoms with Gasteiger partial charge in [-0.2, -0.15) is 0 Å². The number of halogens is 1. The zero-order chi connectivity index (χ0) is 14.1. The average molecular weight is 332 g/mol. The summed E-state index contributed by atoms with van der Waals surface area (Å²) < 4.78 is 5.78. The van der Waals surface area contributed by atoms with Crippen LogP contribution in [0.1, 0.15) is 16.2 Å². The van der Waals surface area contributed by atoms with E-state index >= 15 is 0 Å². The summed E-state index contributed by atoms with van der Waals surface area (Å²) in [7, 11) is 0. The van der Waals surface area contributed by atoms with Crippen LogP contribution >= 0.6 is 15.9 Å². The minimum atomic E-state index is -0.320. The van der Waals surface area contributed by atoms with Crippen molar-refractivity contribution in [3.63, 3.8) is 0 Å². The van der Waals surface area contributed by atoms with Crippen molar-refractivity contribution in [1.82, 2.24) is 10.1 Å². The van der Waals surface area contributed by atoms with Gasteiger partial charge in [-0.15, -0.1) is 0 Å². The predicted octanol–water partition coefficient (Wildman–Crippen LogP) is 3.55. The van der Waals surface area contributed by atoms with Crippen LogP contribution < -0.4 is 5.32 Å². The lowest BCUT2D eigenvalue weighted by atomic mass is 10.2. The van der Waals surface area contributed by atoms with Gasteiger partial charge in [0.1, 0.15) is 5.76 Å². The first-order valence-electron chi connectivity index (χ1n) is 5.92. The molecule has 0 radical (unpaired) electrons. The molecule has 5 nitrogen and oxygen atoms in total. The van der Waals surface area contributed by atoms with Gasteiger partial charge in [-0.05, 0) is 35.0 Å². The van der Waals surface area contributed by atoms with E-state index in [-0.39, 0.29) is 11.6 Å². The molecule has 3 rings (SSSR count). The highest BCUT2D eigenvalue weighted by molar-refractivity contribution is 9.10. The van der Waals surface area contributed by atoms with Crippen molar-refractivity contribution in [2.24, 2.45) is 0 Å². The highest BCUT2D eigenvalue weighted by atomic mass is 79.9. The Labute approximate surface area is 123 Å². The molecule has 0 aliphatic rings. The lowest BCUT2D eigenvalue weighted by Gasteiger charge is -2.06. The van der Waals surface area contributed by atoms with Gasteiger partial charge in [-0.25, -0.2) is 0 Å². The number of aryl methyl sites for hydroxylation is 1. The number of hydrogen-bond donors (Lipinski definition) is 1. The Bertz CT molecular complexity index is 798. The maximum Gasteiger partial charge on any atom is 0.277 e. The summed E-state index contributed by atoms with van der Waals surface area (Å²) >= 11 is 3.38. The third-order valence-corrected chi connectivity index (χ3v) is 3.22. The summed E-state index contributed by atoms with van der Waals surface area (Å²) in [4.78, 5) is 16.4. The highest BCUT2D eigenvalue weighted by Gasteiger charge is 2.13. The van der Waals surface area contributed by atoms with E-state index in [0.29, 0.717) is 11.4 Å². The molecule has 0 aliphatic carbocycles. The number of para-hydroxylation sites is 1. The normalized spacial score (nSPS) is 10.7. The summed E-state index contributed by atoms with van der Waals surface area (Å²) in [6.45, 7) is 1.74. The van der Waals surface area contributed by atoms with E-state index in [2.05, 4.69) is 31.4 Å². The zero-order valence-electron chi connectivity index (χ0n) is 10.6. The molecule has 2 aromatic heterocycles. The summed E-state index contributed by atoms with van der Waals surface area (Å²) in [5.41, 5.74) is 1.61. The Morgan fingerprint density at radius 2 is 2.20 bits per heavy atom. The number of carbonyl (C=O) groups is 1. The van der Waals surface area contributed by atoms with Crippen LogP contribution in [-0.4, -0.2) is 16.0 Å². The first-order chi connectivity index (χ1) is 9.63. The lowest BCUT2D eigenvalue weighted by Crippen LogP contribution is -2.12. The maximum absolute atomic E-state index is 12.1. The molecule has 0 spiro atoms. The molecule has 0 aliphatic heterocycles. The number of rotatable bonds is 2. The number of benzene rings is 1. The SMILES string of the molecule is Cc1cc(C(=O)Nc2cccc3cc(Br)cnc23)no1. The molecule has 20 heavy (non-hydrogen) atoms. The lowest BCUT2D eigenvalue weighted by molar-refractivity contribution is 0.101. The Morgan fingerprint density at radius 1 is 1.35 bits per heavy atom.